The topological polar surface area (TPSA) is 29.5 Å². The highest BCUT2D eigenvalue weighted by Crippen LogP contribution is 2.35. The van der Waals surface area contributed by atoms with Crippen LogP contribution in [-0.4, -0.2) is 29.2 Å². The summed E-state index contributed by atoms with van der Waals surface area (Å²) in [5, 5.41) is 0. The number of amides is 1. The van der Waals surface area contributed by atoms with Crippen LogP contribution in [0.4, 0.5) is 4.79 Å². The smallest absolute Gasteiger partial charge is 0.410 e. The molecule has 0 aromatic heterocycles. The Hall–Kier alpha value is -1.95. The Morgan fingerprint density at radius 1 is 0.775 bits per heavy atom. The van der Waals surface area contributed by atoms with Gasteiger partial charge in [-0.05, 0) is 82.9 Å². The monoisotopic (exact) mass is 551 g/mol. The zero-order valence-electron chi connectivity index (χ0n) is 26.9. The van der Waals surface area contributed by atoms with E-state index in [9.17, 15) is 4.79 Å². The van der Waals surface area contributed by atoms with Gasteiger partial charge in [-0.25, -0.2) is 4.79 Å². The Labute approximate surface area is 248 Å². The van der Waals surface area contributed by atoms with Crippen molar-refractivity contribution in [2.75, 3.05) is 6.54 Å². The second-order valence-corrected chi connectivity index (χ2v) is 13.1. The molecule has 0 unspecified atom stereocenters. The first-order valence-electron chi connectivity index (χ1n) is 16.9. The number of unbranched alkanes of at least 4 members (excludes halogenated alkanes) is 13. The summed E-state index contributed by atoms with van der Waals surface area (Å²) < 4.78 is 5.70. The van der Waals surface area contributed by atoms with Crippen LogP contribution in [0.15, 0.2) is 24.3 Å². The lowest BCUT2D eigenvalue weighted by atomic mass is 9.81. The van der Waals surface area contributed by atoms with Gasteiger partial charge < -0.3 is 9.64 Å². The number of rotatable bonds is 17. The molecule has 0 spiro atoms. The minimum atomic E-state index is -0.447. The van der Waals surface area contributed by atoms with Crippen molar-refractivity contribution >= 4 is 6.09 Å². The summed E-state index contributed by atoms with van der Waals surface area (Å²) in [4.78, 5) is 14.8. The lowest BCUT2D eigenvalue weighted by Gasteiger charge is -2.37. The van der Waals surface area contributed by atoms with Crippen LogP contribution in [0.2, 0.25) is 0 Å². The van der Waals surface area contributed by atoms with Gasteiger partial charge in [-0.15, -0.1) is 0 Å². The van der Waals surface area contributed by atoms with Gasteiger partial charge in [-0.3, -0.25) is 0 Å². The quantitative estimate of drug-likeness (QED) is 0.142. The predicted molar refractivity (Wildman–Crippen MR) is 172 cm³/mol. The molecule has 3 nitrogen and oxygen atoms in total. The van der Waals surface area contributed by atoms with Crippen molar-refractivity contribution in [3.8, 4) is 11.8 Å². The molecule has 0 atom stereocenters. The molecule has 1 aromatic carbocycles. The fraction of sp³-hybridized carbons (Fsp3) is 0.757. The predicted octanol–water partition coefficient (Wildman–Crippen LogP) is 11.2. The van der Waals surface area contributed by atoms with Crippen LogP contribution < -0.4 is 0 Å². The van der Waals surface area contributed by atoms with Crippen LogP contribution in [0.25, 0.3) is 0 Å². The number of hydrogen-bond donors (Lipinski definition) is 0. The molecule has 0 radical (unpaired) electrons. The molecule has 0 N–H and O–H groups in total. The van der Waals surface area contributed by atoms with E-state index >= 15 is 0 Å². The van der Waals surface area contributed by atoms with Crippen molar-refractivity contribution in [1.82, 2.24) is 4.90 Å². The molecular formula is C37H61NO2. The lowest BCUT2D eigenvalue weighted by molar-refractivity contribution is 0.0115. The van der Waals surface area contributed by atoms with E-state index < -0.39 is 5.60 Å². The van der Waals surface area contributed by atoms with E-state index in [4.69, 9.17) is 4.74 Å². The van der Waals surface area contributed by atoms with Crippen molar-refractivity contribution in [1.29, 1.82) is 0 Å². The number of benzene rings is 1. The summed E-state index contributed by atoms with van der Waals surface area (Å²) in [7, 11) is 0. The van der Waals surface area contributed by atoms with Gasteiger partial charge in [-0.1, -0.05) is 115 Å². The normalized spacial score (nSPS) is 17.2. The van der Waals surface area contributed by atoms with Crippen molar-refractivity contribution in [3.05, 3.63) is 35.4 Å². The van der Waals surface area contributed by atoms with E-state index in [1.807, 2.05) is 25.7 Å². The molecule has 40 heavy (non-hydrogen) atoms. The summed E-state index contributed by atoms with van der Waals surface area (Å²) in [6, 6.07) is 9.24. The molecule has 1 aromatic rings. The summed E-state index contributed by atoms with van der Waals surface area (Å²) in [5.74, 6) is 7.35. The van der Waals surface area contributed by atoms with E-state index in [0.29, 0.717) is 12.0 Å². The Morgan fingerprint density at radius 3 is 1.80 bits per heavy atom. The molecule has 1 amide bonds. The molecule has 1 aliphatic carbocycles. The third kappa shape index (κ3) is 14.6. The third-order valence-corrected chi connectivity index (χ3v) is 8.25. The SMILES string of the molecule is CCCCCCCCCCCCCCCC#Cc1ccc(C2CCC(N(CCC)C(=O)OC(C)(C)C)CC2)cc1. The van der Waals surface area contributed by atoms with E-state index in [0.717, 1.165) is 50.6 Å². The molecule has 3 heteroatoms. The highest BCUT2D eigenvalue weighted by atomic mass is 16.6. The fourth-order valence-electron chi connectivity index (χ4n) is 5.94. The van der Waals surface area contributed by atoms with Crippen LogP contribution in [0, 0.1) is 11.8 Å². The second-order valence-electron chi connectivity index (χ2n) is 13.1. The van der Waals surface area contributed by atoms with Crippen molar-refractivity contribution in [2.45, 2.75) is 174 Å². The average molecular weight is 552 g/mol. The summed E-state index contributed by atoms with van der Waals surface area (Å²) >= 11 is 0. The van der Waals surface area contributed by atoms with E-state index in [1.165, 1.54) is 89.0 Å². The van der Waals surface area contributed by atoms with E-state index in [-0.39, 0.29) is 6.09 Å². The van der Waals surface area contributed by atoms with Gasteiger partial charge in [0, 0.05) is 24.6 Å². The molecular weight excluding hydrogens is 490 g/mol. The maximum absolute atomic E-state index is 12.8. The zero-order valence-corrected chi connectivity index (χ0v) is 26.9. The van der Waals surface area contributed by atoms with Crippen LogP contribution >= 0.6 is 0 Å². The van der Waals surface area contributed by atoms with Gasteiger partial charge in [0.25, 0.3) is 0 Å². The van der Waals surface area contributed by atoms with Gasteiger partial charge in [0.15, 0.2) is 0 Å². The van der Waals surface area contributed by atoms with Crippen molar-refractivity contribution in [3.63, 3.8) is 0 Å². The molecule has 2 rings (SSSR count). The number of carbonyl (C=O) groups excluding carboxylic acids is 1. The molecule has 0 saturated heterocycles. The summed E-state index contributed by atoms with van der Waals surface area (Å²) in [6.07, 6.45) is 24.2. The summed E-state index contributed by atoms with van der Waals surface area (Å²) in [5.41, 5.74) is 2.10. The van der Waals surface area contributed by atoms with Gasteiger partial charge in [0.1, 0.15) is 5.60 Å². The van der Waals surface area contributed by atoms with Gasteiger partial charge in [0.05, 0.1) is 0 Å². The van der Waals surface area contributed by atoms with Crippen molar-refractivity contribution in [2.24, 2.45) is 0 Å². The molecule has 0 bridgehead atoms. The Bertz CT molecular complexity index is 849. The average Bonchev–Trinajstić information content (AvgIpc) is 2.93. The summed E-state index contributed by atoms with van der Waals surface area (Å²) in [6.45, 7) is 11.0. The number of ether oxygens (including phenoxy) is 1. The minimum Gasteiger partial charge on any atom is -0.444 e. The first-order valence-corrected chi connectivity index (χ1v) is 16.9. The molecule has 1 aliphatic rings. The highest BCUT2D eigenvalue weighted by molar-refractivity contribution is 5.68. The number of carbonyl (C=O) groups is 1. The molecule has 1 fully saturated rings. The maximum atomic E-state index is 12.8. The molecule has 226 valence electrons. The maximum Gasteiger partial charge on any atom is 0.410 e. The third-order valence-electron chi connectivity index (χ3n) is 8.25. The molecule has 0 aliphatic heterocycles. The van der Waals surface area contributed by atoms with Crippen LogP contribution in [0.3, 0.4) is 0 Å². The minimum absolute atomic E-state index is 0.153. The van der Waals surface area contributed by atoms with Crippen LogP contribution in [0.5, 0.6) is 0 Å². The Balaban J connectivity index is 1.60. The zero-order chi connectivity index (χ0) is 29.1. The fourth-order valence-corrected chi connectivity index (χ4v) is 5.94. The first kappa shape index (κ1) is 34.3. The Morgan fingerprint density at radius 2 is 1.30 bits per heavy atom. The highest BCUT2D eigenvalue weighted by Gasteiger charge is 2.31. The van der Waals surface area contributed by atoms with Gasteiger partial charge >= 0.3 is 6.09 Å². The van der Waals surface area contributed by atoms with Crippen LogP contribution in [0.1, 0.15) is 174 Å². The molecule has 1 saturated carbocycles. The first-order chi connectivity index (χ1) is 19.3. The Kier molecular flexibility index (Phi) is 17.1. The van der Waals surface area contributed by atoms with Crippen molar-refractivity contribution < 1.29 is 9.53 Å². The number of nitrogens with zero attached hydrogens (tertiary/aromatic N) is 1. The van der Waals surface area contributed by atoms with Crippen LogP contribution in [-0.2, 0) is 4.74 Å². The van der Waals surface area contributed by atoms with E-state index in [1.54, 1.807) is 0 Å². The van der Waals surface area contributed by atoms with Gasteiger partial charge in [0.2, 0.25) is 0 Å². The lowest BCUT2D eigenvalue weighted by Crippen LogP contribution is -2.45. The standard InChI is InChI=1S/C37H61NO2/c1-6-8-9-10-11-12-13-14-15-16-17-18-19-20-21-22-32-23-25-33(26-24-32)34-27-29-35(30-28-34)38(31-7-2)36(39)40-37(3,4)5/h23-26,34-35H,6-20,27-31H2,1-5H3. The second kappa shape index (κ2) is 20.0. The van der Waals surface area contributed by atoms with Gasteiger partial charge in [-0.2, -0.15) is 0 Å². The van der Waals surface area contributed by atoms with E-state index in [2.05, 4.69) is 50.0 Å². The largest absolute Gasteiger partial charge is 0.444 e. The molecule has 0 heterocycles. The number of hydrogen-bond acceptors (Lipinski definition) is 2.